The highest BCUT2D eigenvalue weighted by molar-refractivity contribution is 6.10. The van der Waals surface area contributed by atoms with E-state index in [1.807, 2.05) is 97.1 Å². The van der Waals surface area contributed by atoms with E-state index in [0.29, 0.717) is 11.1 Å². The Kier molecular flexibility index (Phi) is 4.93. The van der Waals surface area contributed by atoms with E-state index in [2.05, 4.69) is 0 Å². The van der Waals surface area contributed by atoms with Gasteiger partial charge in [0.15, 0.2) is 17.5 Å². The molecule has 4 heteroatoms. The van der Waals surface area contributed by atoms with Crippen LogP contribution in [0.25, 0.3) is 95.0 Å². The summed E-state index contributed by atoms with van der Waals surface area (Å²) in [6, 6.07) is 22.0. The fourth-order valence-corrected chi connectivity index (χ4v) is 6.45. The minimum absolute atomic E-state index is 0.145. The van der Waals surface area contributed by atoms with Crippen molar-refractivity contribution < 1.29 is 21.9 Å². The van der Waals surface area contributed by atoms with Crippen LogP contribution in [0, 0.1) is 0 Å². The van der Waals surface area contributed by atoms with Gasteiger partial charge < -0.3 is 4.57 Å². The highest BCUT2D eigenvalue weighted by Gasteiger charge is 2.16. The zero-order chi connectivity index (χ0) is 50.5. The molecule has 55 heavy (non-hydrogen) atoms. The van der Waals surface area contributed by atoms with Crippen LogP contribution in [0.1, 0.15) is 21.9 Å². The second-order valence-corrected chi connectivity index (χ2v) is 12.5. The van der Waals surface area contributed by atoms with E-state index in [0.717, 1.165) is 26.8 Å². The maximum absolute atomic E-state index is 9.59. The normalized spacial score (nSPS) is 15.3. The van der Waals surface area contributed by atoms with Crippen LogP contribution in [0.4, 0.5) is 0 Å². The van der Waals surface area contributed by atoms with E-state index in [-0.39, 0.29) is 23.0 Å². The summed E-state index contributed by atoms with van der Waals surface area (Å²) >= 11 is 0. The first-order valence-electron chi connectivity index (χ1n) is 25.2. The molecule has 2 heterocycles. The van der Waals surface area contributed by atoms with Crippen molar-refractivity contribution in [2.75, 3.05) is 0 Å². The van der Waals surface area contributed by atoms with Crippen molar-refractivity contribution in [3.05, 3.63) is 206 Å². The lowest BCUT2D eigenvalue weighted by molar-refractivity contribution is 1.07. The van der Waals surface area contributed by atoms with Gasteiger partial charge in [0, 0.05) is 33.2 Å². The summed E-state index contributed by atoms with van der Waals surface area (Å²) in [4.78, 5) is 14.5. The lowest BCUT2D eigenvalue weighted by Gasteiger charge is -2.12. The molecule has 0 radical (unpaired) electrons. The summed E-state index contributed by atoms with van der Waals surface area (Å²) in [5, 5.41) is -0.820. The van der Waals surface area contributed by atoms with Crippen molar-refractivity contribution in [3.8, 4) is 73.2 Å². The van der Waals surface area contributed by atoms with Crippen LogP contribution in [0.15, 0.2) is 206 Å². The average Bonchev–Trinajstić information content (AvgIpc) is 3.75. The van der Waals surface area contributed by atoms with Gasteiger partial charge in [-0.15, -0.1) is 0 Å². The molecule has 0 unspecified atom stereocenters. The Morgan fingerprint density at radius 3 is 1.45 bits per heavy atom. The second-order valence-electron chi connectivity index (χ2n) is 12.5. The quantitative estimate of drug-likeness (QED) is 0.165. The molecular formula is C51H34N4. The minimum atomic E-state index is -0.829. The van der Waals surface area contributed by atoms with Gasteiger partial charge in [-0.2, -0.15) is 0 Å². The van der Waals surface area contributed by atoms with Gasteiger partial charge in [0.05, 0.1) is 33.0 Å². The first kappa shape index (κ1) is 19.6. The van der Waals surface area contributed by atoms with Crippen LogP contribution >= 0.6 is 0 Å². The first-order valence-corrected chi connectivity index (χ1v) is 17.2. The number of para-hydroxylation sites is 1. The Hall–Kier alpha value is -7.43. The van der Waals surface area contributed by atoms with Gasteiger partial charge in [-0.25, -0.2) is 15.0 Å². The predicted molar refractivity (Wildman–Crippen MR) is 227 cm³/mol. The number of nitrogens with zero attached hydrogens (tertiary/aromatic N) is 4. The number of rotatable bonds is 7. The lowest BCUT2D eigenvalue weighted by atomic mass is 10.0. The van der Waals surface area contributed by atoms with Gasteiger partial charge >= 0.3 is 0 Å². The molecule has 0 aliphatic heterocycles. The molecule has 0 N–H and O–H groups in total. The summed E-state index contributed by atoms with van der Waals surface area (Å²) < 4.78 is 145. The van der Waals surface area contributed by atoms with Crippen LogP contribution < -0.4 is 0 Å². The third-order valence-corrected chi connectivity index (χ3v) is 9.06. The van der Waals surface area contributed by atoms with Gasteiger partial charge in [0.1, 0.15) is 0 Å². The molecule has 0 saturated carbocycles. The number of benzene rings is 8. The molecule has 0 aliphatic rings. The molecule has 10 aromatic rings. The molecule has 2 aromatic heterocycles. The zero-order valence-corrected chi connectivity index (χ0v) is 28.7. The molecule has 0 bridgehead atoms. The zero-order valence-electron chi connectivity index (χ0n) is 44.7. The number of fused-ring (bicyclic) bond motifs is 3. The summed E-state index contributed by atoms with van der Waals surface area (Å²) in [7, 11) is 0. The maximum atomic E-state index is 9.59. The van der Waals surface area contributed by atoms with E-state index >= 15 is 0 Å². The molecule has 0 aliphatic carbocycles. The molecule has 0 amide bonds. The van der Waals surface area contributed by atoms with E-state index in [4.69, 9.17) is 27.3 Å². The van der Waals surface area contributed by atoms with Crippen LogP contribution in [-0.2, 0) is 0 Å². The van der Waals surface area contributed by atoms with Crippen LogP contribution in [-0.4, -0.2) is 19.5 Å². The first-order chi connectivity index (χ1) is 33.9. The standard InChI is InChI=1S/C51H34N4/c1-4-14-35(15-5-1)39-20-12-22-42(32-39)50-52-49(53-51(54-50)43-23-13-21-40(33-43)36-16-6-2-7-17-36)38-26-29-44(30-27-38)55-47-25-11-10-24-45(47)46-34-41(28-31-48(46)55)37-18-8-3-9-19-37/h1-34H/i3D,8D,9D,10D,11D,18D,19D,24D,25D,26D,27D,28D,29D,30D,31D,34D. The van der Waals surface area contributed by atoms with E-state index < -0.39 is 135 Å². The minimum Gasteiger partial charge on any atom is -0.309 e. The van der Waals surface area contributed by atoms with Gasteiger partial charge in [-0.1, -0.05) is 151 Å². The molecule has 0 fully saturated rings. The third-order valence-electron chi connectivity index (χ3n) is 9.06. The summed E-state index contributed by atoms with van der Waals surface area (Å²) in [5.74, 6) is 0.0538. The second kappa shape index (κ2) is 13.8. The monoisotopic (exact) mass is 718 g/mol. The van der Waals surface area contributed by atoms with Crippen molar-refractivity contribution in [2.45, 2.75) is 0 Å². The number of hydrogen-bond acceptors (Lipinski definition) is 3. The molecule has 10 rings (SSSR count). The van der Waals surface area contributed by atoms with Crippen LogP contribution in [0.3, 0.4) is 0 Å². The van der Waals surface area contributed by atoms with Gasteiger partial charge in [0.2, 0.25) is 0 Å². The van der Waals surface area contributed by atoms with Crippen molar-refractivity contribution in [3.63, 3.8) is 0 Å². The van der Waals surface area contributed by atoms with Gasteiger partial charge in [0.25, 0.3) is 0 Å². The molecule has 8 aromatic carbocycles. The Balaban J connectivity index is 1.26. The topological polar surface area (TPSA) is 43.6 Å². The molecule has 0 atom stereocenters. The van der Waals surface area contributed by atoms with Crippen LogP contribution in [0.2, 0.25) is 0 Å². The third kappa shape index (κ3) is 6.16. The SMILES string of the molecule is [2H]c1c([2H])c([2H])c(-c2c([2H])c([2H])c3c(c2[2H])c2c([2H])c([2H])c([2H])c([2H])c2n3-c2c([2H])c([2H])c(-c3nc(-c4cccc(-c5ccccc5)c4)nc(-c4cccc(-c5ccccc5)c4)n3)c([2H])c2[2H])c([2H])c1[2H]. The number of hydrogen-bond donors (Lipinski definition) is 0. The van der Waals surface area contributed by atoms with E-state index in [1.54, 1.807) is 12.1 Å². The van der Waals surface area contributed by atoms with E-state index in [1.165, 1.54) is 0 Å². The Morgan fingerprint density at radius 1 is 0.345 bits per heavy atom. The Bertz CT molecular complexity index is 3740. The van der Waals surface area contributed by atoms with Gasteiger partial charge in [-0.3, -0.25) is 0 Å². The maximum Gasteiger partial charge on any atom is 0.164 e. The Morgan fingerprint density at radius 2 is 0.836 bits per heavy atom. The van der Waals surface area contributed by atoms with Crippen molar-refractivity contribution in [2.24, 2.45) is 0 Å². The fraction of sp³-hybridized carbons (Fsp3) is 0. The van der Waals surface area contributed by atoms with Gasteiger partial charge in [-0.05, 0) is 87.8 Å². The molecule has 0 saturated heterocycles. The van der Waals surface area contributed by atoms with Crippen molar-refractivity contribution >= 4 is 21.8 Å². The fourth-order valence-electron chi connectivity index (χ4n) is 6.45. The molecule has 258 valence electrons. The van der Waals surface area contributed by atoms with Crippen molar-refractivity contribution in [1.82, 2.24) is 19.5 Å². The summed E-state index contributed by atoms with van der Waals surface area (Å²) in [6.45, 7) is 0. The summed E-state index contributed by atoms with van der Waals surface area (Å²) in [5.41, 5.74) is 1.54. The van der Waals surface area contributed by atoms with Crippen LogP contribution in [0.5, 0.6) is 0 Å². The van der Waals surface area contributed by atoms with E-state index in [9.17, 15) is 9.60 Å². The predicted octanol–water partition coefficient (Wildman–Crippen LogP) is 13.0. The Labute approximate surface area is 342 Å². The smallest absolute Gasteiger partial charge is 0.164 e. The molecular weight excluding hydrogens is 669 g/mol. The highest BCUT2D eigenvalue weighted by atomic mass is 15.0. The number of aromatic nitrogens is 4. The largest absolute Gasteiger partial charge is 0.309 e. The highest BCUT2D eigenvalue weighted by Crippen LogP contribution is 2.36. The molecule has 4 nitrogen and oxygen atoms in total. The molecule has 0 spiro atoms. The van der Waals surface area contributed by atoms with Crippen molar-refractivity contribution in [1.29, 1.82) is 0 Å². The average molecular weight is 719 g/mol. The lowest BCUT2D eigenvalue weighted by Crippen LogP contribution is -2.01. The summed E-state index contributed by atoms with van der Waals surface area (Å²) in [6.07, 6.45) is 0.